The van der Waals surface area contributed by atoms with Gasteiger partial charge in [0.05, 0.1) is 23.0 Å². The molecule has 6 heteroatoms. The second kappa shape index (κ2) is 7.78. The molecule has 2 aromatic heterocycles. The molecule has 0 saturated heterocycles. The molecule has 0 saturated carbocycles. The number of aromatic nitrogens is 3. The first-order valence-electron chi connectivity index (χ1n) is 10.4. The zero-order valence-electron chi connectivity index (χ0n) is 17.7. The molecule has 0 spiro atoms. The Balaban J connectivity index is 1.57. The van der Waals surface area contributed by atoms with Crippen LogP contribution in [0.1, 0.15) is 11.1 Å². The van der Waals surface area contributed by atoms with Crippen molar-refractivity contribution in [2.75, 3.05) is 32.1 Å². The molecule has 4 aromatic rings. The minimum Gasteiger partial charge on any atom is -0.373 e. The van der Waals surface area contributed by atoms with Gasteiger partial charge in [-0.25, -0.2) is 4.98 Å². The highest BCUT2D eigenvalue weighted by Crippen LogP contribution is 2.35. The summed E-state index contributed by atoms with van der Waals surface area (Å²) in [5, 5.41) is 12.3. The molecule has 31 heavy (non-hydrogen) atoms. The molecule has 0 unspecified atom stereocenters. The van der Waals surface area contributed by atoms with Crippen molar-refractivity contribution in [2.45, 2.75) is 6.54 Å². The Hall–Kier alpha value is -3.82. The molecular weight excluding hydrogens is 384 g/mol. The summed E-state index contributed by atoms with van der Waals surface area (Å²) in [4.78, 5) is 6.94. The Bertz CT molecular complexity index is 1270. The molecule has 0 atom stereocenters. The fraction of sp³-hybridized carbons (Fsp3) is 0.200. The first kappa shape index (κ1) is 19.2. The summed E-state index contributed by atoms with van der Waals surface area (Å²) in [5.41, 5.74) is 7.61. The van der Waals surface area contributed by atoms with E-state index in [2.05, 4.69) is 67.9 Å². The maximum absolute atomic E-state index is 9.08. The molecule has 1 N–H and O–H groups in total. The van der Waals surface area contributed by atoms with Gasteiger partial charge in [-0.05, 0) is 54.6 Å². The molecular formula is C25H24N6. The van der Waals surface area contributed by atoms with Gasteiger partial charge in [-0.3, -0.25) is 4.57 Å². The summed E-state index contributed by atoms with van der Waals surface area (Å²) in [7, 11) is 4.10. The fourth-order valence-electron chi connectivity index (χ4n) is 4.17. The van der Waals surface area contributed by atoms with Crippen LogP contribution in [0, 0.1) is 11.3 Å². The van der Waals surface area contributed by atoms with E-state index in [1.54, 1.807) is 0 Å². The van der Waals surface area contributed by atoms with Crippen LogP contribution in [0.3, 0.4) is 0 Å². The predicted octanol–water partition coefficient (Wildman–Crippen LogP) is 3.90. The van der Waals surface area contributed by atoms with Crippen LogP contribution in [0.15, 0.2) is 67.1 Å². The van der Waals surface area contributed by atoms with Crippen LogP contribution in [-0.4, -0.2) is 41.3 Å². The number of nitrogens with one attached hydrogen (secondary N) is 1. The molecule has 6 nitrogen and oxygen atoms in total. The van der Waals surface area contributed by atoms with Crippen LogP contribution in [0.5, 0.6) is 0 Å². The highest BCUT2D eigenvalue weighted by atomic mass is 15.1. The summed E-state index contributed by atoms with van der Waals surface area (Å²) in [5.74, 6) is 0.940. The van der Waals surface area contributed by atoms with Crippen LogP contribution < -0.4 is 10.2 Å². The Kier molecular flexibility index (Phi) is 4.81. The number of imidazole rings is 1. The number of anilines is 1. The third-order valence-electron chi connectivity index (χ3n) is 5.92. The zero-order chi connectivity index (χ0) is 21.4. The van der Waals surface area contributed by atoms with E-state index < -0.39 is 0 Å². The smallest absolute Gasteiger partial charge is 0.161 e. The lowest BCUT2D eigenvalue weighted by molar-refractivity contribution is 0.766. The van der Waals surface area contributed by atoms with Gasteiger partial charge in [0.25, 0.3) is 0 Å². The number of likely N-dealkylation sites (N-methyl/N-ethyl adjacent to an activating group) is 2. The number of benzene rings is 2. The molecule has 0 aliphatic carbocycles. The minimum absolute atomic E-state index is 0.670. The van der Waals surface area contributed by atoms with Crippen LogP contribution >= 0.6 is 0 Å². The van der Waals surface area contributed by atoms with E-state index in [1.807, 2.05) is 43.7 Å². The molecule has 0 bridgehead atoms. The molecule has 5 rings (SSSR count). The highest BCUT2D eigenvalue weighted by Gasteiger charge is 2.21. The quantitative estimate of drug-likeness (QED) is 0.479. The van der Waals surface area contributed by atoms with Crippen molar-refractivity contribution < 1.29 is 0 Å². The van der Waals surface area contributed by atoms with Crippen LogP contribution in [-0.2, 0) is 6.54 Å². The van der Waals surface area contributed by atoms with Gasteiger partial charge in [-0.1, -0.05) is 12.1 Å². The number of nitrogens with zero attached hydrogens (tertiary/aromatic N) is 5. The Morgan fingerprint density at radius 1 is 1.13 bits per heavy atom. The fourth-order valence-corrected chi connectivity index (χ4v) is 4.17. The molecule has 0 amide bonds. The van der Waals surface area contributed by atoms with E-state index >= 15 is 0 Å². The summed E-state index contributed by atoms with van der Waals surface area (Å²) in [6, 6.07) is 18.8. The standard InChI is InChI=1S/C25H24N6/c1-27-9-11-29(2)22-7-8-23-21(13-22)17-30-16-20(19-5-3-18(15-26)4-6-19)14-24(30)25-28-10-12-31(23)25/h3-8,10,12-14,16,27H,9,11,17H2,1-2H3. The molecule has 2 aromatic carbocycles. The Labute approximate surface area is 182 Å². The van der Waals surface area contributed by atoms with Crippen molar-refractivity contribution in [3.8, 4) is 34.4 Å². The van der Waals surface area contributed by atoms with E-state index in [0.29, 0.717) is 5.56 Å². The van der Waals surface area contributed by atoms with Crippen molar-refractivity contribution >= 4 is 5.69 Å². The largest absolute Gasteiger partial charge is 0.373 e. The normalized spacial score (nSPS) is 11.8. The maximum Gasteiger partial charge on any atom is 0.161 e. The van der Waals surface area contributed by atoms with Gasteiger partial charge >= 0.3 is 0 Å². The van der Waals surface area contributed by atoms with Gasteiger partial charge in [0, 0.05) is 56.5 Å². The molecule has 0 fully saturated rings. The topological polar surface area (TPSA) is 61.8 Å². The van der Waals surface area contributed by atoms with Gasteiger partial charge in [0.15, 0.2) is 5.82 Å². The van der Waals surface area contributed by atoms with Crippen LogP contribution in [0.25, 0.3) is 28.3 Å². The third kappa shape index (κ3) is 3.39. The maximum atomic E-state index is 9.08. The third-order valence-corrected chi connectivity index (χ3v) is 5.92. The minimum atomic E-state index is 0.670. The van der Waals surface area contributed by atoms with E-state index in [4.69, 9.17) is 5.26 Å². The van der Waals surface area contributed by atoms with Crippen LogP contribution in [0.4, 0.5) is 5.69 Å². The van der Waals surface area contributed by atoms with Gasteiger partial charge in [-0.15, -0.1) is 0 Å². The van der Waals surface area contributed by atoms with Gasteiger partial charge in [-0.2, -0.15) is 5.26 Å². The number of hydrogen-bond donors (Lipinski definition) is 1. The van der Waals surface area contributed by atoms with E-state index in [-0.39, 0.29) is 0 Å². The van der Waals surface area contributed by atoms with Crippen molar-refractivity contribution in [2.24, 2.45) is 0 Å². The van der Waals surface area contributed by atoms with Gasteiger partial charge in [0.2, 0.25) is 0 Å². The predicted molar refractivity (Wildman–Crippen MR) is 123 cm³/mol. The van der Waals surface area contributed by atoms with E-state index in [1.165, 1.54) is 16.9 Å². The first-order chi connectivity index (χ1) is 15.2. The van der Waals surface area contributed by atoms with Crippen molar-refractivity contribution in [3.05, 3.63) is 78.2 Å². The van der Waals surface area contributed by atoms with Gasteiger partial charge < -0.3 is 14.8 Å². The number of hydrogen-bond acceptors (Lipinski definition) is 4. The Morgan fingerprint density at radius 2 is 1.97 bits per heavy atom. The van der Waals surface area contributed by atoms with Gasteiger partial charge in [0.1, 0.15) is 0 Å². The Morgan fingerprint density at radius 3 is 2.74 bits per heavy atom. The number of nitriles is 1. The van der Waals surface area contributed by atoms with Crippen LogP contribution in [0.2, 0.25) is 0 Å². The second-order valence-electron chi connectivity index (χ2n) is 7.89. The molecule has 1 aliphatic heterocycles. The van der Waals surface area contributed by atoms with Crippen molar-refractivity contribution in [3.63, 3.8) is 0 Å². The lowest BCUT2D eigenvalue weighted by Crippen LogP contribution is -2.27. The lowest BCUT2D eigenvalue weighted by Gasteiger charge is -2.21. The lowest BCUT2D eigenvalue weighted by atomic mass is 10.1. The zero-order valence-corrected chi connectivity index (χ0v) is 17.7. The molecule has 0 radical (unpaired) electrons. The van der Waals surface area contributed by atoms with Crippen molar-refractivity contribution in [1.82, 2.24) is 19.4 Å². The summed E-state index contributed by atoms with van der Waals surface area (Å²) in [6.07, 6.45) is 6.07. The summed E-state index contributed by atoms with van der Waals surface area (Å²) >= 11 is 0. The SMILES string of the molecule is CNCCN(C)c1ccc2c(c1)Cn1cc(-c3ccc(C#N)cc3)cc1-c1nccn1-2. The second-order valence-corrected chi connectivity index (χ2v) is 7.89. The molecule has 3 heterocycles. The van der Waals surface area contributed by atoms with Crippen molar-refractivity contribution in [1.29, 1.82) is 5.26 Å². The molecule has 154 valence electrons. The average molecular weight is 409 g/mol. The number of fused-ring (bicyclic) bond motifs is 5. The van der Waals surface area contributed by atoms with E-state index in [9.17, 15) is 0 Å². The number of rotatable bonds is 5. The monoisotopic (exact) mass is 408 g/mol. The average Bonchev–Trinajstić information content (AvgIpc) is 3.42. The highest BCUT2D eigenvalue weighted by molar-refractivity contribution is 5.72. The van der Waals surface area contributed by atoms with E-state index in [0.717, 1.165) is 42.3 Å². The molecule has 1 aliphatic rings. The summed E-state index contributed by atoms with van der Waals surface area (Å²) < 4.78 is 4.45. The first-order valence-corrected chi connectivity index (χ1v) is 10.4. The summed E-state index contributed by atoms with van der Waals surface area (Å²) in [6.45, 7) is 2.66.